The van der Waals surface area contributed by atoms with E-state index in [-0.39, 0.29) is 0 Å². The summed E-state index contributed by atoms with van der Waals surface area (Å²) in [5.74, 6) is 1.63. The van der Waals surface area contributed by atoms with E-state index in [0.717, 1.165) is 12.4 Å². The molecule has 0 bridgehead atoms. The molecular formula is C14H21NO. The van der Waals surface area contributed by atoms with Crippen LogP contribution in [0, 0.1) is 26.7 Å². The fraction of sp³-hybridized carbons (Fsp3) is 0.571. The van der Waals surface area contributed by atoms with Gasteiger partial charge in [-0.25, -0.2) is 0 Å². The Kier molecular flexibility index (Phi) is 2.94. The van der Waals surface area contributed by atoms with Crippen molar-refractivity contribution in [1.82, 2.24) is 5.32 Å². The first kappa shape index (κ1) is 11.5. The lowest BCUT2D eigenvalue weighted by Crippen LogP contribution is -2.33. The molecule has 0 spiro atoms. The molecule has 2 rings (SSSR count). The maximum Gasteiger partial charge on any atom is 0.127 e. The van der Waals surface area contributed by atoms with Gasteiger partial charge >= 0.3 is 0 Å². The first-order valence-corrected chi connectivity index (χ1v) is 5.97. The molecule has 1 aliphatic heterocycles. The number of benzene rings is 1. The number of aryl methyl sites for hydroxylation is 2. The molecule has 0 amide bonds. The average Bonchev–Trinajstić information content (AvgIpc) is 2.25. The Morgan fingerprint density at radius 3 is 2.56 bits per heavy atom. The molecule has 88 valence electrons. The molecule has 0 saturated heterocycles. The summed E-state index contributed by atoms with van der Waals surface area (Å²) in [5, 5.41) is 3.42. The maximum atomic E-state index is 5.92. The van der Waals surface area contributed by atoms with Crippen molar-refractivity contribution in [2.75, 3.05) is 13.7 Å². The van der Waals surface area contributed by atoms with Crippen LogP contribution in [0.1, 0.15) is 35.2 Å². The van der Waals surface area contributed by atoms with Crippen LogP contribution in [0.25, 0.3) is 0 Å². The minimum absolute atomic E-state index is 0.419. The van der Waals surface area contributed by atoms with Gasteiger partial charge in [-0.15, -0.1) is 0 Å². The van der Waals surface area contributed by atoms with E-state index in [1.807, 2.05) is 7.05 Å². The monoisotopic (exact) mass is 219 g/mol. The van der Waals surface area contributed by atoms with Crippen LogP contribution in [0.3, 0.4) is 0 Å². The molecule has 0 fully saturated rings. The van der Waals surface area contributed by atoms with Gasteiger partial charge in [-0.2, -0.15) is 0 Å². The topological polar surface area (TPSA) is 21.3 Å². The number of hydrogen-bond donors (Lipinski definition) is 1. The van der Waals surface area contributed by atoms with E-state index in [1.54, 1.807) is 0 Å². The second-order valence-corrected chi connectivity index (χ2v) is 4.93. The molecule has 2 nitrogen and oxygen atoms in total. The summed E-state index contributed by atoms with van der Waals surface area (Å²) < 4.78 is 5.92. The Morgan fingerprint density at radius 1 is 1.25 bits per heavy atom. The lowest BCUT2D eigenvalue weighted by Gasteiger charge is -2.34. The first-order valence-electron chi connectivity index (χ1n) is 5.97. The molecule has 0 aliphatic carbocycles. The number of nitrogens with one attached hydrogen (secondary N) is 1. The minimum Gasteiger partial charge on any atom is -0.493 e. The zero-order chi connectivity index (χ0) is 11.9. The van der Waals surface area contributed by atoms with Crippen LogP contribution in [0.2, 0.25) is 0 Å². The maximum absolute atomic E-state index is 5.92. The van der Waals surface area contributed by atoms with Crippen LogP contribution >= 0.6 is 0 Å². The third-order valence-corrected chi connectivity index (χ3v) is 3.72. The lowest BCUT2D eigenvalue weighted by atomic mass is 9.86. The molecule has 1 aliphatic rings. The van der Waals surface area contributed by atoms with Crippen molar-refractivity contribution in [3.8, 4) is 5.75 Å². The van der Waals surface area contributed by atoms with Gasteiger partial charge in [0.1, 0.15) is 5.75 Å². The summed E-state index contributed by atoms with van der Waals surface area (Å²) >= 11 is 0. The van der Waals surface area contributed by atoms with E-state index < -0.39 is 0 Å². The van der Waals surface area contributed by atoms with Crippen LogP contribution in [-0.4, -0.2) is 13.7 Å². The number of ether oxygens (including phenoxy) is 1. The van der Waals surface area contributed by atoms with Gasteiger partial charge in [0.25, 0.3) is 0 Å². The molecule has 2 unspecified atom stereocenters. The second kappa shape index (κ2) is 4.10. The van der Waals surface area contributed by atoms with Crippen molar-refractivity contribution >= 4 is 0 Å². The van der Waals surface area contributed by atoms with Crippen LogP contribution in [0.5, 0.6) is 5.75 Å². The zero-order valence-corrected chi connectivity index (χ0v) is 10.8. The quantitative estimate of drug-likeness (QED) is 0.784. The van der Waals surface area contributed by atoms with Crippen molar-refractivity contribution in [3.63, 3.8) is 0 Å². The van der Waals surface area contributed by atoms with Gasteiger partial charge < -0.3 is 10.1 Å². The molecule has 1 heterocycles. The lowest BCUT2D eigenvalue weighted by molar-refractivity contribution is 0.191. The third kappa shape index (κ3) is 1.61. The summed E-state index contributed by atoms with van der Waals surface area (Å²) in [7, 11) is 2.03. The molecule has 0 radical (unpaired) electrons. The molecule has 1 N–H and O–H groups in total. The first-order chi connectivity index (χ1) is 7.56. The Balaban J connectivity index is 2.62. The summed E-state index contributed by atoms with van der Waals surface area (Å²) in [4.78, 5) is 0. The number of rotatable bonds is 1. The van der Waals surface area contributed by atoms with E-state index in [2.05, 4.69) is 39.1 Å². The van der Waals surface area contributed by atoms with E-state index in [9.17, 15) is 0 Å². The Bertz CT molecular complexity index is 412. The summed E-state index contributed by atoms with van der Waals surface area (Å²) in [6.07, 6.45) is 0. The highest BCUT2D eigenvalue weighted by Gasteiger charge is 2.29. The van der Waals surface area contributed by atoms with E-state index in [4.69, 9.17) is 4.74 Å². The third-order valence-electron chi connectivity index (χ3n) is 3.72. The SMILES string of the molecule is CNC1c2c(C)cc(C)c(C)c2OCC1C. The number of hydrogen-bond acceptors (Lipinski definition) is 2. The summed E-state index contributed by atoms with van der Waals surface area (Å²) in [5.41, 5.74) is 5.29. The van der Waals surface area contributed by atoms with E-state index in [0.29, 0.717) is 12.0 Å². The smallest absolute Gasteiger partial charge is 0.127 e. The predicted molar refractivity (Wildman–Crippen MR) is 67.1 cm³/mol. The minimum atomic E-state index is 0.419. The molecule has 0 saturated carbocycles. The van der Waals surface area contributed by atoms with Gasteiger partial charge in [0.2, 0.25) is 0 Å². The van der Waals surface area contributed by atoms with Gasteiger partial charge in [0.15, 0.2) is 0 Å². The van der Waals surface area contributed by atoms with Gasteiger partial charge in [-0.05, 0) is 44.5 Å². The summed E-state index contributed by atoms with van der Waals surface area (Å²) in [6.45, 7) is 9.52. The van der Waals surface area contributed by atoms with Gasteiger partial charge in [0, 0.05) is 17.5 Å². The highest BCUT2D eigenvalue weighted by atomic mass is 16.5. The van der Waals surface area contributed by atoms with E-state index >= 15 is 0 Å². The van der Waals surface area contributed by atoms with Crippen LogP contribution in [0.4, 0.5) is 0 Å². The summed E-state index contributed by atoms with van der Waals surface area (Å²) in [6, 6.07) is 2.68. The molecular weight excluding hydrogens is 198 g/mol. The van der Waals surface area contributed by atoms with E-state index in [1.165, 1.54) is 22.3 Å². The average molecular weight is 219 g/mol. The number of fused-ring (bicyclic) bond motifs is 1. The fourth-order valence-corrected chi connectivity index (χ4v) is 2.67. The molecule has 2 heteroatoms. The standard InChI is InChI=1S/C14H21NO/c1-8-6-9(2)12-13(15-5)10(3)7-16-14(12)11(8)4/h6,10,13,15H,7H2,1-5H3. The molecule has 1 aromatic carbocycles. The largest absolute Gasteiger partial charge is 0.493 e. The Hall–Kier alpha value is -1.02. The molecule has 2 atom stereocenters. The predicted octanol–water partition coefficient (Wildman–Crippen LogP) is 2.90. The van der Waals surface area contributed by atoms with Gasteiger partial charge in [-0.3, -0.25) is 0 Å². The van der Waals surface area contributed by atoms with Crippen molar-refractivity contribution in [2.45, 2.75) is 33.7 Å². The van der Waals surface area contributed by atoms with Crippen LogP contribution in [-0.2, 0) is 0 Å². The highest BCUT2D eigenvalue weighted by molar-refractivity contribution is 5.52. The molecule has 1 aromatic rings. The van der Waals surface area contributed by atoms with Crippen LogP contribution < -0.4 is 10.1 Å². The van der Waals surface area contributed by atoms with Gasteiger partial charge in [-0.1, -0.05) is 13.0 Å². The van der Waals surface area contributed by atoms with Crippen molar-refractivity contribution in [2.24, 2.45) is 5.92 Å². The van der Waals surface area contributed by atoms with Crippen molar-refractivity contribution < 1.29 is 4.74 Å². The fourth-order valence-electron chi connectivity index (χ4n) is 2.67. The Labute approximate surface area is 98.0 Å². The zero-order valence-electron chi connectivity index (χ0n) is 10.8. The van der Waals surface area contributed by atoms with Crippen molar-refractivity contribution in [1.29, 1.82) is 0 Å². The van der Waals surface area contributed by atoms with Crippen LogP contribution in [0.15, 0.2) is 6.07 Å². The molecule has 16 heavy (non-hydrogen) atoms. The highest BCUT2D eigenvalue weighted by Crippen LogP contribution is 2.40. The van der Waals surface area contributed by atoms with Gasteiger partial charge in [0.05, 0.1) is 6.61 Å². The normalized spacial score (nSPS) is 23.8. The second-order valence-electron chi connectivity index (χ2n) is 4.93. The van der Waals surface area contributed by atoms with Crippen molar-refractivity contribution in [3.05, 3.63) is 28.3 Å². The molecule has 0 aromatic heterocycles. The Morgan fingerprint density at radius 2 is 1.94 bits per heavy atom.